The van der Waals surface area contributed by atoms with E-state index in [1.165, 1.54) is 17.8 Å². The molecular formula is C13H16ClNO3S. The Bertz CT molecular complexity index is 459. The van der Waals surface area contributed by atoms with E-state index in [0.717, 1.165) is 5.56 Å². The monoisotopic (exact) mass is 301 g/mol. The maximum Gasteiger partial charge on any atom is 0.326 e. The van der Waals surface area contributed by atoms with Gasteiger partial charge in [0.1, 0.15) is 6.04 Å². The van der Waals surface area contributed by atoms with Gasteiger partial charge in [0, 0.05) is 10.6 Å². The second-order valence-corrected chi connectivity index (χ2v) is 5.59. The van der Waals surface area contributed by atoms with Gasteiger partial charge in [0.05, 0.1) is 0 Å². The Morgan fingerprint density at radius 3 is 2.63 bits per heavy atom. The van der Waals surface area contributed by atoms with Crippen LogP contribution in [-0.4, -0.2) is 35.0 Å². The molecule has 0 unspecified atom stereocenters. The number of halogens is 1. The fraction of sp³-hybridized carbons (Fsp3) is 0.385. The van der Waals surface area contributed by atoms with Gasteiger partial charge in [-0.05, 0) is 49.1 Å². The van der Waals surface area contributed by atoms with E-state index in [4.69, 9.17) is 16.7 Å². The summed E-state index contributed by atoms with van der Waals surface area (Å²) in [4.78, 5) is 23.0. The SMILES string of the molecule is CSCC[C@@H](NC(=O)c1cc(C)cc(Cl)c1)C(=O)O. The largest absolute Gasteiger partial charge is 0.480 e. The molecule has 1 aromatic carbocycles. The highest BCUT2D eigenvalue weighted by molar-refractivity contribution is 7.98. The number of rotatable bonds is 6. The minimum absolute atomic E-state index is 0.375. The van der Waals surface area contributed by atoms with Crippen molar-refractivity contribution in [2.45, 2.75) is 19.4 Å². The first-order valence-corrected chi connectivity index (χ1v) is 7.51. The molecule has 0 aliphatic carbocycles. The summed E-state index contributed by atoms with van der Waals surface area (Å²) in [6.07, 6.45) is 2.28. The molecule has 0 aromatic heterocycles. The highest BCUT2D eigenvalue weighted by Crippen LogP contribution is 2.15. The number of carbonyl (C=O) groups is 2. The van der Waals surface area contributed by atoms with Crippen LogP contribution in [-0.2, 0) is 4.79 Å². The Morgan fingerprint density at radius 1 is 1.42 bits per heavy atom. The molecular weight excluding hydrogens is 286 g/mol. The summed E-state index contributed by atoms with van der Waals surface area (Å²) in [5.74, 6) is -0.772. The molecule has 1 rings (SSSR count). The number of hydrogen-bond acceptors (Lipinski definition) is 3. The molecule has 2 N–H and O–H groups in total. The van der Waals surface area contributed by atoms with Crippen LogP contribution in [0.2, 0.25) is 5.02 Å². The molecule has 0 radical (unpaired) electrons. The van der Waals surface area contributed by atoms with Gasteiger partial charge < -0.3 is 10.4 Å². The van der Waals surface area contributed by atoms with Crippen molar-refractivity contribution in [3.8, 4) is 0 Å². The summed E-state index contributed by atoms with van der Waals surface area (Å²) in [7, 11) is 0. The van der Waals surface area contributed by atoms with E-state index in [1.807, 2.05) is 13.2 Å². The lowest BCUT2D eigenvalue weighted by Crippen LogP contribution is -2.41. The fourth-order valence-corrected chi connectivity index (χ4v) is 2.36. The molecule has 1 atom stereocenters. The Labute approximate surface area is 121 Å². The average molecular weight is 302 g/mol. The van der Waals surface area contributed by atoms with Crippen LogP contribution in [0.4, 0.5) is 0 Å². The van der Waals surface area contributed by atoms with Crippen LogP contribution in [0.5, 0.6) is 0 Å². The third-order valence-corrected chi connectivity index (χ3v) is 3.38. The van der Waals surface area contributed by atoms with Gasteiger partial charge in [-0.2, -0.15) is 11.8 Å². The van der Waals surface area contributed by atoms with Crippen LogP contribution in [0, 0.1) is 6.92 Å². The average Bonchev–Trinajstić information content (AvgIpc) is 2.32. The van der Waals surface area contributed by atoms with E-state index in [1.54, 1.807) is 12.1 Å². The Kier molecular flexibility index (Phi) is 6.18. The van der Waals surface area contributed by atoms with Gasteiger partial charge in [0.15, 0.2) is 0 Å². The second kappa shape index (κ2) is 7.40. The van der Waals surface area contributed by atoms with Crippen molar-refractivity contribution in [2.24, 2.45) is 0 Å². The van der Waals surface area contributed by atoms with Crippen molar-refractivity contribution in [1.82, 2.24) is 5.32 Å². The first kappa shape index (κ1) is 15.9. The van der Waals surface area contributed by atoms with Gasteiger partial charge >= 0.3 is 5.97 Å². The number of carbonyl (C=O) groups excluding carboxylic acids is 1. The summed E-state index contributed by atoms with van der Waals surface area (Å²) in [5, 5.41) is 12.0. The van der Waals surface area contributed by atoms with Gasteiger partial charge in [0.2, 0.25) is 0 Å². The summed E-state index contributed by atoms with van der Waals surface area (Å²) < 4.78 is 0. The zero-order valence-electron chi connectivity index (χ0n) is 10.8. The number of amides is 1. The normalized spacial score (nSPS) is 11.9. The van der Waals surface area contributed by atoms with Crippen molar-refractivity contribution in [1.29, 1.82) is 0 Å². The summed E-state index contributed by atoms with van der Waals surface area (Å²) in [6.45, 7) is 1.82. The van der Waals surface area contributed by atoms with Crippen molar-refractivity contribution in [3.63, 3.8) is 0 Å². The molecule has 0 aliphatic rings. The summed E-state index contributed by atoms with van der Waals surface area (Å²) in [5.41, 5.74) is 1.23. The topological polar surface area (TPSA) is 66.4 Å². The first-order valence-electron chi connectivity index (χ1n) is 5.74. The van der Waals surface area contributed by atoms with Crippen molar-refractivity contribution < 1.29 is 14.7 Å². The van der Waals surface area contributed by atoms with Gasteiger partial charge in [-0.1, -0.05) is 11.6 Å². The minimum Gasteiger partial charge on any atom is -0.480 e. The van der Waals surface area contributed by atoms with Crippen molar-refractivity contribution in [3.05, 3.63) is 34.3 Å². The van der Waals surface area contributed by atoms with E-state index < -0.39 is 17.9 Å². The molecule has 0 fully saturated rings. The van der Waals surface area contributed by atoms with E-state index in [2.05, 4.69) is 5.32 Å². The summed E-state index contributed by atoms with van der Waals surface area (Å²) >= 11 is 7.42. The minimum atomic E-state index is -1.03. The van der Waals surface area contributed by atoms with E-state index in [9.17, 15) is 9.59 Å². The quantitative estimate of drug-likeness (QED) is 0.847. The molecule has 4 nitrogen and oxygen atoms in total. The predicted molar refractivity (Wildman–Crippen MR) is 78.1 cm³/mol. The Balaban J connectivity index is 2.78. The third kappa shape index (κ3) is 5.12. The van der Waals surface area contributed by atoms with Crippen LogP contribution in [0.25, 0.3) is 0 Å². The van der Waals surface area contributed by atoms with E-state index >= 15 is 0 Å². The van der Waals surface area contributed by atoms with Crippen LogP contribution < -0.4 is 5.32 Å². The molecule has 0 aliphatic heterocycles. The van der Waals surface area contributed by atoms with E-state index in [-0.39, 0.29) is 0 Å². The zero-order valence-corrected chi connectivity index (χ0v) is 12.3. The smallest absolute Gasteiger partial charge is 0.326 e. The number of nitrogens with one attached hydrogen (secondary N) is 1. The first-order chi connectivity index (χ1) is 8.93. The standard InChI is InChI=1S/C13H16ClNO3S/c1-8-5-9(7-10(14)6-8)12(16)15-11(13(17)18)3-4-19-2/h5-7,11H,3-4H2,1-2H3,(H,15,16)(H,17,18)/t11-/m1/s1. The predicted octanol–water partition coefficient (Wildman–Crippen LogP) is 2.58. The molecule has 0 spiro atoms. The van der Waals surface area contributed by atoms with Gasteiger partial charge in [-0.3, -0.25) is 4.79 Å². The molecule has 19 heavy (non-hydrogen) atoms. The lowest BCUT2D eigenvalue weighted by atomic mass is 10.1. The Hall–Kier alpha value is -1.20. The van der Waals surface area contributed by atoms with Gasteiger partial charge in [-0.25, -0.2) is 4.79 Å². The number of benzene rings is 1. The van der Waals surface area contributed by atoms with Gasteiger partial charge in [0.25, 0.3) is 5.91 Å². The van der Waals surface area contributed by atoms with E-state index in [0.29, 0.717) is 22.8 Å². The van der Waals surface area contributed by atoms with Crippen LogP contribution in [0.3, 0.4) is 0 Å². The highest BCUT2D eigenvalue weighted by atomic mass is 35.5. The Morgan fingerprint density at radius 2 is 2.11 bits per heavy atom. The number of hydrogen-bond donors (Lipinski definition) is 2. The van der Waals surface area contributed by atoms with Crippen LogP contribution in [0.15, 0.2) is 18.2 Å². The molecule has 6 heteroatoms. The van der Waals surface area contributed by atoms with Gasteiger partial charge in [-0.15, -0.1) is 0 Å². The number of carboxylic acid groups (broad SMARTS) is 1. The molecule has 0 saturated heterocycles. The zero-order chi connectivity index (χ0) is 14.4. The number of aliphatic carboxylic acids is 1. The molecule has 0 bridgehead atoms. The molecule has 1 aromatic rings. The number of carboxylic acids is 1. The van der Waals surface area contributed by atoms with Crippen molar-refractivity contribution in [2.75, 3.05) is 12.0 Å². The lowest BCUT2D eigenvalue weighted by molar-refractivity contribution is -0.139. The third-order valence-electron chi connectivity index (χ3n) is 2.52. The highest BCUT2D eigenvalue weighted by Gasteiger charge is 2.20. The molecule has 0 heterocycles. The lowest BCUT2D eigenvalue weighted by Gasteiger charge is -2.14. The summed E-state index contributed by atoms with van der Waals surface area (Å²) in [6, 6.07) is 4.06. The van der Waals surface area contributed by atoms with Crippen LogP contribution >= 0.6 is 23.4 Å². The maximum atomic E-state index is 12.0. The molecule has 1 amide bonds. The fourth-order valence-electron chi connectivity index (χ4n) is 1.60. The second-order valence-electron chi connectivity index (χ2n) is 4.16. The van der Waals surface area contributed by atoms with Crippen molar-refractivity contribution >= 4 is 35.2 Å². The number of aryl methyl sites for hydroxylation is 1. The van der Waals surface area contributed by atoms with Crippen LogP contribution in [0.1, 0.15) is 22.3 Å². The number of thioether (sulfide) groups is 1. The molecule has 0 saturated carbocycles. The maximum absolute atomic E-state index is 12.0. The molecule has 104 valence electrons.